The molecule has 1 rings (SSSR count). The Kier molecular flexibility index (Phi) is 5.99. The van der Waals surface area contributed by atoms with Gasteiger partial charge in [-0.2, -0.15) is 0 Å². The van der Waals surface area contributed by atoms with Crippen molar-refractivity contribution in [1.29, 1.82) is 0 Å². The highest BCUT2D eigenvalue weighted by Gasteiger charge is 2.12. The third kappa shape index (κ3) is 4.69. The number of nitrogens with one attached hydrogen (secondary N) is 2. The van der Waals surface area contributed by atoms with Gasteiger partial charge in [0.2, 0.25) is 5.91 Å². The van der Waals surface area contributed by atoms with E-state index in [2.05, 4.69) is 10.6 Å². The molecule has 0 aliphatic heterocycles. The minimum atomic E-state index is -0.316. The normalized spacial score (nSPS) is 11.6. The van der Waals surface area contributed by atoms with Crippen molar-refractivity contribution in [3.8, 4) is 11.5 Å². The van der Waals surface area contributed by atoms with Crippen LogP contribution >= 0.6 is 0 Å². The van der Waals surface area contributed by atoms with Gasteiger partial charge in [-0.3, -0.25) is 4.79 Å². The van der Waals surface area contributed by atoms with Crippen LogP contribution in [0.3, 0.4) is 0 Å². The van der Waals surface area contributed by atoms with Gasteiger partial charge in [-0.1, -0.05) is 6.92 Å². The maximum Gasteiger partial charge on any atom is 0.242 e. The predicted octanol–water partition coefficient (Wildman–Crippen LogP) is 2.03. The molecular weight excluding hydrogens is 244 g/mol. The smallest absolute Gasteiger partial charge is 0.242 e. The van der Waals surface area contributed by atoms with Gasteiger partial charge in [-0.25, -0.2) is 0 Å². The molecule has 0 saturated carbocycles. The first-order valence-corrected chi connectivity index (χ1v) is 6.38. The number of carbonyl (C=O) groups is 1. The van der Waals surface area contributed by atoms with E-state index in [-0.39, 0.29) is 11.9 Å². The fourth-order valence-electron chi connectivity index (χ4n) is 1.61. The minimum Gasteiger partial charge on any atom is -0.497 e. The van der Waals surface area contributed by atoms with Gasteiger partial charge in [0.1, 0.15) is 17.5 Å². The summed E-state index contributed by atoms with van der Waals surface area (Å²) in [6.45, 7) is 4.52. The lowest BCUT2D eigenvalue weighted by atomic mass is 10.2. The van der Waals surface area contributed by atoms with Gasteiger partial charge < -0.3 is 20.1 Å². The molecule has 5 nitrogen and oxygen atoms in total. The molecule has 1 amide bonds. The second-order valence-electron chi connectivity index (χ2n) is 4.26. The van der Waals surface area contributed by atoms with E-state index in [4.69, 9.17) is 9.47 Å². The van der Waals surface area contributed by atoms with Gasteiger partial charge in [-0.15, -0.1) is 0 Å². The van der Waals surface area contributed by atoms with Crippen molar-refractivity contribution in [1.82, 2.24) is 5.32 Å². The summed E-state index contributed by atoms with van der Waals surface area (Å²) in [5, 5.41) is 5.97. The van der Waals surface area contributed by atoms with Crippen LogP contribution in [0.4, 0.5) is 5.69 Å². The molecule has 1 unspecified atom stereocenters. The quantitative estimate of drug-likeness (QED) is 0.793. The first-order valence-electron chi connectivity index (χ1n) is 6.38. The Morgan fingerprint density at radius 2 is 1.79 bits per heavy atom. The summed E-state index contributed by atoms with van der Waals surface area (Å²) in [5.41, 5.74) is 0.787. The average molecular weight is 266 g/mol. The van der Waals surface area contributed by atoms with Gasteiger partial charge in [0.25, 0.3) is 0 Å². The first kappa shape index (κ1) is 15.1. The number of hydrogen-bond donors (Lipinski definition) is 2. The monoisotopic (exact) mass is 266 g/mol. The van der Waals surface area contributed by atoms with Gasteiger partial charge in [0.15, 0.2) is 0 Å². The van der Waals surface area contributed by atoms with Gasteiger partial charge in [-0.05, 0) is 13.3 Å². The van der Waals surface area contributed by atoms with Crippen LogP contribution in [-0.2, 0) is 4.79 Å². The van der Waals surface area contributed by atoms with Crippen molar-refractivity contribution in [2.75, 3.05) is 26.1 Å². The molecule has 0 heterocycles. The van der Waals surface area contributed by atoms with Gasteiger partial charge in [0.05, 0.1) is 14.2 Å². The van der Waals surface area contributed by atoms with Crippen LogP contribution in [0.1, 0.15) is 20.3 Å². The second-order valence-corrected chi connectivity index (χ2v) is 4.26. The van der Waals surface area contributed by atoms with Gasteiger partial charge >= 0.3 is 0 Å². The van der Waals surface area contributed by atoms with E-state index >= 15 is 0 Å². The molecule has 0 radical (unpaired) electrons. The number of rotatable bonds is 7. The molecule has 106 valence electrons. The molecule has 19 heavy (non-hydrogen) atoms. The molecule has 0 aromatic heterocycles. The Labute approximate surface area is 114 Å². The fraction of sp³-hybridized carbons (Fsp3) is 0.500. The maximum absolute atomic E-state index is 11.8. The van der Waals surface area contributed by atoms with Crippen LogP contribution in [0.25, 0.3) is 0 Å². The molecule has 2 N–H and O–H groups in total. The molecule has 1 aromatic carbocycles. The highest BCUT2D eigenvalue weighted by atomic mass is 16.5. The molecule has 1 atom stereocenters. The van der Waals surface area contributed by atoms with Crippen molar-refractivity contribution in [3.05, 3.63) is 18.2 Å². The molecule has 0 saturated heterocycles. The number of hydrogen-bond acceptors (Lipinski definition) is 4. The van der Waals surface area contributed by atoms with Crippen LogP contribution in [0.2, 0.25) is 0 Å². The SMILES string of the molecule is CCCNC(=O)C(C)Nc1cc(OC)cc(OC)c1. The predicted molar refractivity (Wildman–Crippen MR) is 75.9 cm³/mol. The van der Waals surface area contributed by atoms with Crippen molar-refractivity contribution in [2.45, 2.75) is 26.3 Å². The Hall–Kier alpha value is -1.91. The van der Waals surface area contributed by atoms with Crippen molar-refractivity contribution >= 4 is 11.6 Å². The Morgan fingerprint density at radius 1 is 1.21 bits per heavy atom. The second kappa shape index (κ2) is 7.51. The lowest BCUT2D eigenvalue weighted by Crippen LogP contribution is -2.37. The van der Waals surface area contributed by atoms with Crippen molar-refractivity contribution in [3.63, 3.8) is 0 Å². The van der Waals surface area contributed by atoms with E-state index in [1.165, 1.54) is 0 Å². The lowest BCUT2D eigenvalue weighted by Gasteiger charge is -2.16. The molecule has 5 heteroatoms. The number of ether oxygens (including phenoxy) is 2. The average Bonchev–Trinajstić information content (AvgIpc) is 2.43. The fourth-order valence-corrected chi connectivity index (χ4v) is 1.61. The summed E-state index contributed by atoms with van der Waals surface area (Å²) in [4.78, 5) is 11.8. The lowest BCUT2D eigenvalue weighted by molar-refractivity contribution is -0.121. The van der Waals surface area contributed by atoms with Crippen LogP contribution in [0.15, 0.2) is 18.2 Å². The van der Waals surface area contributed by atoms with E-state index in [1.54, 1.807) is 20.3 Å². The molecule has 1 aromatic rings. The van der Waals surface area contributed by atoms with Crippen LogP contribution in [0.5, 0.6) is 11.5 Å². The molecule has 0 aliphatic rings. The van der Waals surface area contributed by atoms with E-state index in [0.29, 0.717) is 18.0 Å². The molecule has 0 aliphatic carbocycles. The van der Waals surface area contributed by atoms with Crippen LogP contribution < -0.4 is 20.1 Å². The van der Waals surface area contributed by atoms with Gasteiger partial charge in [0, 0.05) is 30.4 Å². The standard InChI is InChI=1S/C14H22N2O3/c1-5-6-15-14(17)10(2)16-11-7-12(18-3)9-13(8-11)19-4/h7-10,16H,5-6H2,1-4H3,(H,15,17). The number of benzene rings is 1. The third-order valence-electron chi connectivity index (χ3n) is 2.68. The molecule has 0 spiro atoms. The highest BCUT2D eigenvalue weighted by Crippen LogP contribution is 2.26. The van der Waals surface area contributed by atoms with Crippen molar-refractivity contribution in [2.24, 2.45) is 0 Å². The Bertz CT molecular complexity index is 399. The summed E-state index contributed by atoms with van der Waals surface area (Å²) in [6.07, 6.45) is 0.922. The number of anilines is 1. The summed E-state index contributed by atoms with van der Waals surface area (Å²) >= 11 is 0. The first-order chi connectivity index (χ1) is 9.10. The zero-order chi connectivity index (χ0) is 14.3. The summed E-state index contributed by atoms with van der Waals surface area (Å²) in [6, 6.07) is 5.12. The maximum atomic E-state index is 11.8. The summed E-state index contributed by atoms with van der Waals surface area (Å²) in [5.74, 6) is 1.34. The molecule has 0 fully saturated rings. The number of amides is 1. The van der Waals surface area contributed by atoms with Crippen LogP contribution in [0, 0.1) is 0 Å². The van der Waals surface area contributed by atoms with E-state index in [9.17, 15) is 4.79 Å². The van der Waals surface area contributed by atoms with E-state index < -0.39 is 0 Å². The van der Waals surface area contributed by atoms with Crippen molar-refractivity contribution < 1.29 is 14.3 Å². The zero-order valence-corrected chi connectivity index (χ0v) is 11.9. The minimum absolute atomic E-state index is 0.0244. The topological polar surface area (TPSA) is 59.6 Å². The van der Waals surface area contributed by atoms with E-state index in [1.807, 2.05) is 26.0 Å². The van der Waals surface area contributed by atoms with E-state index in [0.717, 1.165) is 12.1 Å². The zero-order valence-electron chi connectivity index (χ0n) is 11.9. The third-order valence-corrected chi connectivity index (χ3v) is 2.68. The van der Waals surface area contributed by atoms with Crippen LogP contribution in [-0.4, -0.2) is 32.7 Å². The largest absolute Gasteiger partial charge is 0.497 e. The number of carbonyl (C=O) groups excluding carboxylic acids is 1. The molecule has 0 bridgehead atoms. The molecular formula is C14H22N2O3. The summed E-state index contributed by atoms with van der Waals surface area (Å²) in [7, 11) is 3.19. The number of methoxy groups -OCH3 is 2. The Balaban J connectivity index is 2.72. The highest BCUT2D eigenvalue weighted by molar-refractivity contribution is 5.84. The summed E-state index contributed by atoms with van der Waals surface area (Å²) < 4.78 is 10.4. The Morgan fingerprint density at radius 3 is 2.26 bits per heavy atom.